The second-order valence-electron chi connectivity index (χ2n) is 8.69. The van der Waals surface area contributed by atoms with E-state index in [4.69, 9.17) is 9.47 Å². The van der Waals surface area contributed by atoms with Gasteiger partial charge in [-0.05, 0) is 53.9 Å². The number of carbonyl (C=O) groups excluding carboxylic acids is 2. The normalized spacial score (nSPS) is 18.7. The Labute approximate surface area is 197 Å². The van der Waals surface area contributed by atoms with E-state index in [-0.39, 0.29) is 30.3 Å². The average molecular weight is 461 g/mol. The van der Waals surface area contributed by atoms with Gasteiger partial charge in [-0.3, -0.25) is 9.59 Å². The van der Waals surface area contributed by atoms with Crippen LogP contribution in [0.25, 0.3) is 0 Å². The van der Waals surface area contributed by atoms with Gasteiger partial charge < -0.3 is 19.7 Å². The number of hydrogen-bond donors (Lipinski definition) is 1. The molecule has 34 heavy (non-hydrogen) atoms. The van der Waals surface area contributed by atoms with Crippen LogP contribution >= 0.6 is 0 Å². The summed E-state index contributed by atoms with van der Waals surface area (Å²) in [7, 11) is 0. The van der Waals surface area contributed by atoms with Gasteiger partial charge in [0.15, 0.2) is 11.5 Å². The number of carbonyl (C=O) groups is 2. The molecule has 0 spiro atoms. The lowest BCUT2D eigenvalue weighted by molar-refractivity contribution is -0.125. The van der Waals surface area contributed by atoms with Gasteiger partial charge in [0.05, 0.1) is 5.92 Å². The molecule has 6 nitrogen and oxygen atoms in total. The van der Waals surface area contributed by atoms with Crippen molar-refractivity contribution in [2.24, 2.45) is 5.92 Å². The first-order valence-electron chi connectivity index (χ1n) is 11.3. The van der Waals surface area contributed by atoms with Crippen molar-refractivity contribution in [1.82, 2.24) is 10.2 Å². The molecule has 2 aliphatic rings. The molecular formula is C27H25FN2O4. The maximum absolute atomic E-state index is 13.4. The highest BCUT2D eigenvalue weighted by Gasteiger charge is 2.41. The minimum absolute atomic E-state index is 0.126. The maximum Gasteiger partial charge on any atom is 0.254 e. The SMILES string of the molecule is Cc1ccccc1C1CN(C(=O)c2ccc3c(c2)OCO3)CC1C(=O)NCc1ccc(F)cc1. The monoisotopic (exact) mass is 460 g/mol. The highest BCUT2D eigenvalue weighted by Crippen LogP contribution is 2.37. The average Bonchev–Trinajstić information content (AvgIpc) is 3.50. The molecule has 3 aromatic carbocycles. The molecule has 2 amide bonds. The number of rotatable bonds is 5. The van der Waals surface area contributed by atoms with E-state index in [2.05, 4.69) is 5.32 Å². The van der Waals surface area contributed by atoms with Gasteiger partial charge in [-0.25, -0.2) is 4.39 Å². The molecule has 2 aliphatic heterocycles. The Bertz CT molecular complexity index is 1230. The number of aryl methyl sites for hydroxylation is 1. The molecule has 7 heteroatoms. The van der Waals surface area contributed by atoms with Crippen LogP contribution in [0, 0.1) is 18.7 Å². The fourth-order valence-corrected chi connectivity index (χ4v) is 4.69. The molecule has 3 aromatic rings. The second kappa shape index (κ2) is 9.17. The van der Waals surface area contributed by atoms with Gasteiger partial charge >= 0.3 is 0 Å². The zero-order valence-corrected chi connectivity index (χ0v) is 18.8. The van der Waals surface area contributed by atoms with Crippen LogP contribution < -0.4 is 14.8 Å². The van der Waals surface area contributed by atoms with Crippen LogP contribution in [0.15, 0.2) is 66.7 Å². The number of amides is 2. The predicted octanol–water partition coefficient (Wildman–Crippen LogP) is 4.04. The van der Waals surface area contributed by atoms with Crippen molar-refractivity contribution in [3.05, 3.63) is 94.8 Å². The Morgan fingerprint density at radius 3 is 2.56 bits per heavy atom. The Kier molecular flexibility index (Phi) is 5.92. The molecule has 0 aliphatic carbocycles. The third-order valence-corrected chi connectivity index (χ3v) is 6.53. The van der Waals surface area contributed by atoms with Crippen molar-refractivity contribution >= 4 is 11.8 Å². The van der Waals surface area contributed by atoms with Gasteiger partial charge in [-0.2, -0.15) is 0 Å². The lowest BCUT2D eigenvalue weighted by atomic mass is 9.86. The minimum Gasteiger partial charge on any atom is -0.454 e. The van der Waals surface area contributed by atoms with Gasteiger partial charge in [0.25, 0.3) is 5.91 Å². The number of nitrogens with zero attached hydrogens (tertiary/aromatic N) is 1. The maximum atomic E-state index is 13.4. The highest BCUT2D eigenvalue weighted by atomic mass is 19.1. The van der Waals surface area contributed by atoms with Crippen LogP contribution in [0.2, 0.25) is 0 Å². The Morgan fingerprint density at radius 1 is 1.00 bits per heavy atom. The van der Waals surface area contributed by atoms with Crippen LogP contribution in [-0.2, 0) is 11.3 Å². The number of benzene rings is 3. The highest BCUT2D eigenvalue weighted by molar-refractivity contribution is 5.96. The largest absolute Gasteiger partial charge is 0.454 e. The van der Waals surface area contributed by atoms with Crippen LogP contribution in [0.5, 0.6) is 11.5 Å². The molecule has 2 atom stereocenters. The van der Waals surface area contributed by atoms with Crippen molar-refractivity contribution in [2.75, 3.05) is 19.9 Å². The number of halogens is 1. The van der Waals surface area contributed by atoms with E-state index in [1.54, 1.807) is 35.2 Å². The van der Waals surface area contributed by atoms with Crippen LogP contribution in [0.4, 0.5) is 4.39 Å². The van der Waals surface area contributed by atoms with Crippen LogP contribution in [0.3, 0.4) is 0 Å². The molecule has 0 saturated carbocycles. The van der Waals surface area contributed by atoms with Gasteiger partial charge in [-0.15, -0.1) is 0 Å². The van der Waals surface area contributed by atoms with E-state index in [1.807, 2.05) is 31.2 Å². The number of ether oxygens (including phenoxy) is 2. The Balaban J connectivity index is 1.37. The zero-order valence-electron chi connectivity index (χ0n) is 18.8. The van der Waals surface area contributed by atoms with E-state index >= 15 is 0 Å². The third kappa shape index (κ3) is 4.33. The van der Waals surface area contributed by atoms with Crippen molar-refractivity contribution in [2.45, 2.75) is 19.4 Å². The van der Waals surface area contributed by atoms with Gasteiger partial charge in [0.2, 0.25) is 12.7 Å². The number of fused-ring (bicyclic) bond motifs is 1. The van der Waals surface area contributed by atoms with E-state index in [1.165, 1.54) is 12.1 Å². The molecule has 1 N–H and O–H groups in total. The van der Waals surface area contributed by atoms with E-state index in [0.717, 1.165) is 16.7 Å². The number of hydrogen-bond acceptors (Lipinski definition) is 4. The topological polar surface area (TPSA) is 67.9 Å². The minimum atomic E-state index is -0.403. The molecule has 0 radical (unpaired) electrons. The first-order chi connectivity index (χ1) is 16.5. The van der Waals surface area contributed by atoms with Gasteiger partial charge in [0.1, 0.15) is 5.82 Å². The summed E-state index contributed by atoms with van der Waals surface area (Å²) < 4.78 is 24.0. The Hall–Kier alpha value is -3.87. The van der Waals surface area contributed by atoms with Crippen LogP contribution in [-0.4, -0.2) is 36.6 Å². The summed E-state index contributed by atoms with van der Waals surface area (Å²) >= 11 is 0. The summed E-state index contributed by atoms with van der Waals surface area (Å²) in [4.78, 5) is 28.4. The molecule has 1 saturated heterocycles. The summed E-state index contributed by atoms with van der Waals surface area (Å²) in [5.41, 5.74) is 3.46. The first kappa shape index (κ1) is 21.9. The number of likely N-dealkylation sites (tertiary alicyclic amines) is 1. The van der Waals surface area contributed by atoms with Crippen molar-refractivity contribution in [3.8, 4) is 11.5 Å². The molecule has 0 aromatic heterocycles. The molecule has 2 heterocycles. The summed E-state index contributed by atoms with van der Waals surface area (Å²) in [6, 6.07) is 19.2. The molecule has 5 rings (SSSR count). The lowest BCUT2D eigenvalue weighted by Gasteiger charge is -2.20. The molecule has 174 valence electrons. The third-order valence-electron chi connectivity index (χ3n) is 6.53. The molecule has 2 unspecified atom stereocenters. The zero-order chi connectivity index (χ0) is 23.7. The van der Waals surface area contributed by atoms with E-state index in [9.17, 15) is 14.0 Å². The summed E-state index contributed by atoms with van der Waals surface area (Å²) in [6.07, 6.45) is 0. The predicted molar refractivity (Wildman–Crippen MR) is 124 cm³/mol. The van der Waals surface area contributed by atoms with Crippen molar-refractivity contribution < 1.29 is 23.5 Å². The Morgan fingerprint density at radius 2 is 1.76 bits per heavy atom. The molecular weight excluding hydrogens is 435 g/mol. The van der Waals surface area contributed by atoms with Crippen molar-refractivity contribution in [3.63, 3.8) is 0 Å². The summed E-state index contributed by atoms with van der Waals surface area (Å²) in [5.74, 6) is 0.0437. The summed E-state index contributed by atoms with van der Waals surface area (Å²) in [5, 5.41) is 2.98. The standard InChI is InChI=1S/C27H25FN2O4/c1-17-4-2-3-5-21(17)22-14-30(27(32)19-8-11-24-25(12-19)34-16-33-24)15-23(22)26(31)29-13-18-6-9-20(28)10-7-18/h2-12,22-23H,13-16H2,1H3,(H,29,31). The van der Waals surface area contributed by atoms with Crippen molar-refractivity contribution in [1.29, 1.82) is 0 Å². The van der Waals surface area contributed by atoms with Gasteiger partial charge in [0, 0.05) is 31.1 Å². The quantitative estimate of drug-likeness (QED) is 0.624. The van der Waals surface area contributed by atoms with Crippen LogP contribution in [0.1, 0.15) is 33.0 Å². The van der Waals surface area contributed by atoms with E-state index < -0.39 is 5.92 Å². The molecule has 1 fully saturated rings. The smallest absolute Gasteiger partial charge is 0.254 e. The van der Waals surface area contributed by atoms with E-state index in [0.29, 0.717) is 36.7 Å². The molecule has 0 bridgehead atoms. The summed E-state index contributed by atoms with van der Waals surface area (Å²) in [6.45, 7) is 3.20. The lowest BCUT2D eigenvalue weighted by Crippen LogP contribution is -2.35. The fraction of sp³-hybridized carbons (Fsp3) is 0.259. The second-order valence-corrected chi connectivity index (χ2v) is 8.69. The van der Waals surface area contributed by atoms with Gasteiger partial charge in [-0.1, -0.05) is 36.4 Å². The fourth-order valence-electron chi connectivity index (χ4n) is 4.69. The first-order valence-corrected chi connectivity index (χ1v) is 11.3. The number of nitrogens with one attached hydrogen (secondary N) is 1.